The fourth-order valence-corrected chi connectivity index (χ4v) is 2.80. The van der Waals surface area contributed by atoms with Crippen molar-refractivity contribution in [1.82, 2.24) is 9.55 Å². The molecule has 0 aliphatic carbocycles. The van der Waals surface area contributed by atoms with Gasteiger partial charge in [0.15, 0.2) is 0 Å². The minimum atomic E-state index is -0.657. The number of rotatable bonds is 1. The molecule has 0 radical (unpaired) electrons. The summed E-state index contributed by atoms with van der Waals surface area (Å²) in [6.45, 7) is 2.16. The molecule has 2 heterocycles. The second kappa shape index (κ2) is 4.44. The number of carbonyl (C=O) groups is 1. The van der Waals surface area contributed by atoms with E-state index >= 15 is 0 Å². The Morgan fingerprint density at radius 3 is 2.90 bits per heavy atom. The van der Waals surface area contributed by atoms with Crippen LogP contribution in [0.4, 0.5) is 0 Å². The van der Waals surface area contributed by atoms with Crippen molar-refractivity contribution in [2.75, 3.05) is 7.11 Å². The third-order valence-corrected chi connectivity index (χ3v) is 4.03. The lowest BCUT2D eigenvalue weighted by molar-refractivity contribution is -0.153. The molecule has 0 spiro atoms. The van der Waals surface area contributed by atoms with Crippen molar-refractivity contribution in [3.05, 3.63) is 40.4 Å². The van der Waals surface area contributed by atoms with Crippen molar-refractivity contribution in [2.24, 2.45) is 5.41 Å². The van der Waals surface area contributed by atoms with Crippen LogP contribution in [0.1, 0.15) is 19.2 Å². The van der Waals surface area contributed by atoms with Gasteiger partial charge in [-0.2, -0.15) is 0 Å². The van der Waals surface area contributed by atoms with Gasteiger partial charge in [-0.3, -0.25) is 14.2 Å². The van der Waals surface area contributed by atoms with Crippen LogP contribution in [-0.2, 0) is 22.5 Å². The van der Waals surface area contributed by atoms with E-state index < -0.39 is 5.41 Å². The maximum absolute atomic E-state index is 12.5. The Balaban J connectivity index is 2.16. The lowest BCUT2D eigenvalue weighted by atomic mass is 9.82. The molecule has 0 N–H and O–H groups in total. The quantitative estimate of drug-likeness (QED) is 0.738. The van der Waals surface area contributed by atoms with Crippen molar-refractivity contribution in [3.63, 3.8) is 0 Å². The van der Waals surface area contributed by atoms with Crippen molar-refractivity contribution < 1.29 is 9.53 Å². The highest BCUT2D eigenvalue weighted by atomic mass is 16.5. The number of benzene rings is 1. The van der Waals surface area contributed by atoms with Crippen LogP contribution in [0.25, 0.3) is 10.9 Å². The maximum atomic E-state index is 12.5. The molecule has 0 saturated carbocycles. The summed E-state index contributed by atoms with van der Waals surface area (Å²) in [6, 6.07) is 7.29. The van der Waals surface area contributed by atoms with Crippen molar-refractivity contribution in [3.8, 4) is 0 Å². The van der Waals surface area contributed by atoms with E-state index in [-0.39, 0.29) is 11.5 Å². The monoisotopic (exact) mass is 272 g/mol. The summed E-state index contributed by atoms with van der Waals surface area (Å²) in [6.07, 6.45) is 1.25. The summed E-state index contributed by atoms with van der Waals surface area (Å²) in [5, 5.41) is 0.588. The Kier molecular flexibility index (Phi) is 2.85. The molecule has 5 nitrogen and oxygen atoms in total. The number of hydrogen-bond acceptors (Lipinski definition) is 4. The second-order valence-electron chi connectivity index (χ2n) is 5.49. The lowest BCUT2D eigenvalue weighted by Gasteiger charge is -2.32. The molecule has 0 saturated heterocycles. The van der Waals surface area contributed by atoms with Gasteiger partial charge in [-0.15, -0.1) is 0 Å². The Morgan fingerprint density at radius 1 is 1.40 bits per heavy atom. The van der Waals surface area contributed by atoms with Gasteiger partial charge in [0.05, 0.1) is 23.4 Å². The second-order valence-corrected chi connectivity index (χ2v) is 5.49. The first-order valence-corrected chi connectivity index (χ1v) is 6.62. The van der Waals surface area contributed by atoms with E-state index in [4.69, 9.17) is 4.74 Å². The van der Waals surface area contributed by atoms with Gasteiger partial charge >= 0.3 is 5.97 Å². The third-order valence-electron chi connectivity index (χ3n) is 4.03. The smallest absolute Gasteiger partial charge is 0.313 e. The highest BCUT2D eigenvalue weighted by Gasteiger charge is 2.39. The molecule has 20 heavy (non-hydrogen) atoms. The number of methoxy groups -OCH3 is 1. The summed E-state index contributed by atoms with van der Waals surface area (Å²) in [4.78, 5) is 29.0. The molecule has 2 aromatic rings. The zero-order chi connectivity index (χ0) is 14.3. The highest BCUT2D eigenvalue weighted by Crippen LogP contribution is 2.31. The molecule has 1 atom stereocenters. The van der Waals surface area contributed by atoms with Crippen LogP contribution in [0.15, 0.2) is 29.1 Å². The number of para-hydroxylation sites is 1. The van der Waals surface area contributed by atoms with Crippen LogP contribution in [0, 0.1) is 5.41 Å². The Morgan fingerprint density at radius 2 is 2.15 bits per heavy atom. The molecule has 1 aromatic carbocycles. The molecule has 1 aromatic heterocycles. The Bertz CT molecular complexity index is 750. The van der Waals surface area contributed by atoms with Crippen LogP contribution in [0.5, 0.6) is 0 Å². The summed E-state index contributed by atoms with van der Waals surface area (Å²) in [7, 11) is 1.38. The van der Waals surface area contributed by atoms with Crippen LogP contribution >= 0.6 is 0 Å². The van der Waals surface area contributed by atoms with Gasteiger partial charge in [-0.1, -0.05) is 12.1 Å². The molecule has 3 rings (SSSR count). The SMILES string of the molecule is COC(=O)C1(C)CCc2nc3ccccc3c(=O)n2C1. The summed E-state index contributed by atoms with van der Waals surface area (Å²) >= 11 is 0. The standard InChI is InChI=1S/C15H16N2O3/c1-15(14(19)20-2)8-7-12-16-11-6-4-3-5-10(11)13(18)17(12)9-15/h3-6H,7-9H2,1-2H3. The topological polar surface area (TPSA) is 61.2 Å². The first kappa shape index (κ1) is 12.8. The highest BCUT2D eigenvalue weighted by molar-refractivity contribution is 5.78. The number of aromatic nitrogens is 2. The first-order chi connectivity index (χ1) is 9.55. The molecular weight excluding hydrogens is 256 g/mol. The van der Waals surface area contributed by atoms with Crippen molar-refractivity contribution in [2.45, 2.75) is 26.3 Å². The molecular formula is C15H16N2O3. The van der Waals surface area contributed by atoms with Gasteiger partial charge in [0.25, 0.3) is 5.56 Å². The van der Waals surface area contributed by atoms with E-state index in [1.165, 1.54) is 7.11 Å². The molecule has 0 bridgehead atoms. The van der Waals surface area contributed by atoms with E-state index in [9.17, 15) is 9.59 Å². The fourth-order valence-electron chi connectivity index (χ4n) is 2.80. The number of nitrogens with zero attached hydrogens (tertiary/aromatic N) is 2. The number of carbonyl (C=O) groups excluding carboxylic acids is 1. The predicted molar refractivity (Wildman–Crippen MR) is 74.4 cm³/mol. The first-order valence-electron chi connectivity index (χ1n) is 6.62. The molecule has 5 heteroatoms. The van der Waals surface area contributed by atoms with Gasteiger partial charge in [0.2, 0.25) is 0 Å². The summed E-state index contributed by atoms with van der Waals surface area (Å²) < 4.78 is 6.47. The summed E-state index contributed by atoms with van der Waals surface area (Å²) in [5.41, 5.74) is -0.0266. The van der Waals surface area contributed by atoms with Gasteiger partial charge in [0, 0.05) is 13.0 Å². The zero-order valence-electron chi connectivity index (χ0n) is 11.5. The molecule has 1 aliphatic heterocycles. The van der Waals surface area contributed by atoms with Crippen LogP contribution < -0.4 is 5.56 Å². The largest absolute Gasteiger partial charge is 0.469 e. The summed E-state index contributed by atoms with van der Waals surface area (Å²) in [5.74, 6) is 0.471. The fraction of sp³-hybridized carbons (Fsp3) is 0.400. The molecule has 0 fully saturated rings. The van der Waals surface area contributed by atoms with Crippen LogP contribution in [0.3, 0.4) is 0 Å². The Hall–Kier alpha value is -2.17. The molecule has 104 valence electrons. The van der Waals surface area contributed by atoms with E-state index in [0.717, 1.165) is 5.82 Å². The number of aryl methyl sites for hydroxylation is 1. The predicted octanol–water partition coefficient (Wildman–Crippen LogP) is 1.52. The molecule has 0 amide bonds. The average molecular weight is 272 g/mol. The average Bonchev–Trinajstić information content (AvgIpc) is 2.47. The van der Waals surface area contributed by atoms with Gasteiger partial charge in [-0.25, -0.2) is 4.98 Å². The number of hydrogen-bond donors (Lipinski definition) is 0. The van der Waals surface area contributed by atoms with Gasteiger partial charge in [0.1, 0.15) is 5.82 Å². The lowest BCUT2D eigenvalue weighted by Crippen LogP contribution is -2.43. The minimum Gasteiger partial charge on any atom is -0.469 e. The van der Waals surface area contributed by atoms with Crippen LogP contribution in [0.2, 0.25) is 0 Å². The number of fused-ring (bicyclic) bond motifs is 2. The molecule has 1 aliphatic rings. The minimum absolute atomic E-state index is 0.0829. The van der Waals surface area contributed by atoms with Crippen LogP contribution in [-0.4, -0.2) is 22.6 Å². The van der Waals surface area contributed by atoms with E-state index in [1.807, 2.05) is 25.1 Å². The number of ether oxygens (including phenoxy) is 1. The van der Waals surface area contributed by atoms with E-state index in [0.29, 0.717) is 30.3 Å². The number of esters is 1. The Labute approximate surface area is 116 Å². The van der Waals surface area contributed by atoms with Gasteiger partial charge < -0.3 is 4.74 Å². The third kappa shape index (κ3) is 1.81. The van der Waals surface area contributed by atoms with E-state index in [2.05, 4.69) is 4.98 Å². The molecule has 1 unspecified atom stereocenters. The van der Waals surface area contributed by atoms with Crippen molar-refractivity contribution in [1.29, 1.82) is 0 Å². The van der Waals surface area contributed by atoms with Gasteiger partial charge in [-0.05, 0) is 25.5 Å². The normalized spacial score (nSPS) is 21.5. The van der Waals surface area contributed by atoms with E-state index in [1.54, 1.807) is 10.6 Å². The zero-order valence-corrected chi connectivity index (χ0v) is 11.5. The van der Waals surface area contributed by atoms with Crippen molar-refractivity contribution >= 4 is 16.9 Å². The maximum Gasteiger partial charge on any atom is 0.313 e.